The van der Waals surface area contributed by atoms with Crippen molar-refractivity contribution in [2.75, 3.05) is 6.54 Å². The van der Waals surface area contributed by atoms with E-state index in [2.05, 4.69) is 30.9 Å². The van der Waals surface area contributed by atoms with E-state index in [-0.39, 0.29) is 17.8 Å². The van der Waals surface area contributed by atoms with Gasteiger partial charge in [0.25, 0.3) is 0 Å². The molecule has 0 saturated heterocycles. The average molecular weight is 347 g/mol. The summed E-state index contributed by atoms with van der Waals surface area (Å²) in [5.74, 6) is 0.638. The molecular weight excluding hydrogens is 321 g/mol. The Labute approximate surface area is 148 Å². The molecule has 2 aromatic rings. The number of carbonyl (C=O) groups excluding carboxylic acids is 1. The first-order valence-corrected chi connectivity index (χ1v) is 8.93. The van der Waals surface area contributed by atoms with Gasteiger partial charge in [-0.05, 0) is 44.0 Å². The van der Waals surface area contributed by atoms with E-state index in [9.17, 15) is 9.18 Å². The fourth-order valence-corrected chi connectivity index (χ4v) is 2.57. The Kier molecular flexibility index (Phi) is 7.10. The normalized spacial score (nSPS) is 12.2. The van der Waals surface area contributed by atoms with Crippen molar-refractivity contribution in [3.05, 3.63) is 36.0 Å². The second-order valence-corrected chi connectivity index (χ2v) is 6.22. The molecule has 0 spiro atoms. The number of carbonyl (C=O) groups is 1. The Hall–Kier alpha value is -2.24. The summed E-state index contributed by atoms with van der Waals surface area (Å²) >= 11 is 0. The molecule has 25 heavy (non-hydrogen) atoms. The van der Waals surface area contributed by atoms with Crippen molar-refractivity contribution in [2.45, 2.75) is 58.9 Å². The summed E-state index contributed by atoms with van der Waals surface area (Å²) in [6, 6.07) is 6.14. The van der Waals surface area contributed by atoms with Crippen LogP contribution < -0.4 is 0 Å². The van der Waals surface area contributed by atoms with Crippen molar-refractivity contribution in [3.63, 3.8) is 0 Å². The topological polar surface area (TPSA) is 59.2 Å². The lowest BCUT2D eigenvalue weighted by atomic mass is 10.1. The van der Waals surface area contributed by atoms with Crippen LogP contribution in [0.3, 0.4) is 0 Å². The molecule has 0 aliphatic rings. The van der Waals surface area contributed by atoms with Gasteiger partial charge in [-0.3, -0.25) is 4.79 Å². The Morgan fingerprint density at radius 2 is 2.00 bits per heavy atom. The number of aryl methyl sites for hydroxylation is 1. The molecular formula is C19H26FN3O2. The number of halogens is 1. The third-order valence-corrected chi connectivity index (χ3v) is 4.32. The fourth-order valence-electron chi connectivity index (χ4n) is 2.57. The summed E-state index contributed by atoms with van der Waals surface area (Å²) in [6.45, 7) is 7.07. The number of unbranched alkanes of at least 4 members (excludes halogenated alkanes) is 1. The average Bonchev–Trinajstić information content (AvgIpc) is 3.09. The molecule has 5 nitrogen and oxygen atoms in total. The van der Waals surface area contributed by atoms with E-state index in [1.807, 2.05) is 4.90 Å². The smallest absolute Gasteiger partial charge is 0.227 e. The van der Waals surface area contributed by atoms with Gasteiger partial charge in [0.15, 0.2) is 0 Å². The van der Waals surface area contributed by atoms with E-state index < -0.39 is 0 Å². The maximum Gasteiger partial charge on any atom is 0.227 e. The summed E-state index contributed by atoms with van der Waals surface area (Å²) in [5.41, 5.74) is 0.687. The van der Waals surface area contributed by atoms with Crippen LogP contribution in [0.2, 0.25) is 0 Å². The van der Waals surface area contributed by atoms with Gasteiger partial charge in [0.2, 0.25) is 17.6 Å². The minimum Gasteiger partial charge on any atom is -0.340 e. The van der Waals surface area contributed by atoms with Gasteiger partial charge in [0.1, 0.15) is 5.82 Å². The number of nitrogens with zero attached hydrogens (tertiary/aromatic N) is 3. The number of hydrogen-bond donors (Lipinski definition) is 0. The Morgan fingerprint density at radius 1 is 1.28 bits per heavy atom. The van der Waals surface area contributed by atoms with Crippen LogP contribution >= 0.6 is 0 Å². The van der Waals surface area contributed by atoms with Crippen LogP contribution in [-0.2, 0) is 11.2 Å². The second kappa shape index (κ2) is 9.30. The van der Waals surface area contributed by atoms with Gasteiger partial charge >= 0.3 is 0 Å². The molecule has 136 valence electrons. The maximum atomic E-state index is 13.0. The Bertz CT molecular complexity index is 670. The zero-order valence-corrected chi connectivity index (χ0v) is 15.2. The molecule has 1 atom stereocenters. The minimum atomic E-state index is -0.310. The van der Waals surface area contributed by atoms with Gasteiger partial charge in [0, 0.05) is 31.0 Å². The lowest BCUT2D eigenvalue weighted by Crippen LogP contribution is -2.39. The quantitative estimate of drug-likeness (QED) is 0.681. The molecule has 1 amide bonds. The molecule has 2 rings (SSSR count). The van der Waals surface area contributed by atoms with Gasteiger partial charge in [0.05, 0.1) is 0 Å². The first-order chi connectivity index (χ1) is 12.0. The molecule has 6 heteroatoms. The van der Waals surface area contributed by atoms with E-state index in [1.54, 1.807) is 12.1 Å². The lowest BCUT2D eigenvalue weighted by molar-refractivity contribution is -0.133. The van der Waals surface area contributed by atoms with Gasteiger partial charge in [-0.2, -0.15) is 4.98 Å². The first-order valence-electron chi connectivity index (χ1n) is 8.93. The van der Waals surface area contributed by atoms with Crippen molar-refractivity contribution in [1.82, 2.24) is 15.0 Å². The highest BCUT2D eigenvalue weighted by Gasteiger charge is 2.19. The minimum absolute atomic E-state index is 0.115. The van der Waals surface area contributed by atoms with Crippen LogP contribution in [0.15, 0.2) is 28.8 Å². The molecule has 1 aromatic carbocycles. The molecule has 0 aliphatic carbocycles. The molecule has 0 N–H and O–H groups in total. The number of amides is 1. The third kappa shape index (κ3) is 5.37. The summed E-state index contributed by atoms with van der Waals surface area (Å²) in [5, 5.41) is 3.91. The van der Waals surface area contributed by atoms with Crippen molar-refractivity contribution in [2.24, 2.45) is 0 Å². The summed E-state index contributed by atoms with van der Waals surface area (Å²) in [6.07, 6.45) is 3.76. The SMILES string of the molecule is CCCCN(C(=O)CCc1nc(-c2ccc(F)cc2)no1)C(C)CC. The molecule has 0 aliphatic heterocycles. The lowest BCUT2D eigenvalue weighted by Gasteiger charge is -2.28. The highest BCUT2D eigenvalue weighted by molar-refractivity contribution is 5.76. The van der Waals surface area contributed by atoms with E-state index in [0.29, 0.717) is 30.1 Å². The molecule has 1 heterocycles. The third-order valence-electron chi connectivity index (χ3n) is 4.32. The summed E-state index contributed by atoms with van der Waals surface area (Å²) < 4.78 is 18.2. The highest BCUT2D eigenvalue weighted by Crippen LogP contribution is 2.17. The maximum absolute atomic E-state index is 13.0. The molecule has 1 unspecified atom stereocenters. The predicted molar refractivity (Wildman–Crippen MR) is 94.4 cm³/mol. The van der Waals surface area contributed by atoms with Gasteiger partial charge in [-0.15, -0.1) is 0 Å². The molecule has 0 radical (unpaired) electrons. The highest BCUT2D eigenvalue weighted by atomic mass is 19.1. The van der Waals surface area contributed by atoms with Gasteiger partial charge in [-0.25, -0.2) is 4.39 Å². The van der Waals surface area contributed by atoms with Crippen LogP contribution in [0.5, 0.6) is 0 Å². The molecule has 1 aromatic heterocycles. The summed E-state index contributed by atoms with van der Waals surface area (Å²) in [7, 11) is 0. The number of aromatic nitrogens is 2. The molecule has 0 fully saturated rings. The van der Waals surface area contributed by atoms with Crippen molar-refractivity contribution in [1.29, 1.82) is 0 Å². The van der Waals surface area contributed by atoms with Gasteiger partial charge in [-0.1, -0.05) is 25.4 Å². The first kappa shape index (κ1) is 19.1. The van der Waals surface area contributed by atoms with Crippen LogP contribution in [0.1, 0.15) is 52.3 Å². The van der Waals surface area contributed by atoms with E-state index in [1.165, 1.54) is 12.1 Å². The van der Waals surface area contributed by atoms with E-state index >= 15 is 0 Å². The molecule has 0 saturated carbocycles. The van der Waals surface area contributed by atoms with Crippen LogP contribution in [0.4, 0.5) is 4.39 Å². The van der Waals surface area contributed by atoms with Crippen LogP contribution in [0.25, 0.3) is 11.4 Å². The standard InChI is InChI=1S/C19H26FN3O2/c1-4-6-13-23(14(3)5-2)18(24)12-11-17-21-19(22-25-17)15-7-9-16(20)10-8-15/h7-10,14H,4-6,11-13H2,1-3H3. The number of rotatable bonds is 9. The van der Waals surface area contributed by atoms with E-state index in [0.717, 1.165) is 25.8 Å². The zero-order chi connectivity index (χ0) is 18.2. The molecule has 0 bridgehead atoms. The van der Waals surface area contributed by atoms with Crippen molar-refractivity contribution < 1.29 is 13.7 Å². The predicted octanol–water partition coefficient (Wildman–Crippen LogP) is 4.24. The monoisotopic (exact) mass is 347 g/mol. The summed E-state index contributed by atoms with van der Waals surface area (Å²) in [4.78, 5) is 18.8. The van der Waals surface area contributed by atoms with Crippen molar-refractivity contribution >= 4 is 5.91 Å². The Morgan fingerprint density at radius 3 is 2.64 bits per heavy atom. The fraction of sp³-hybridized carbons (Fsp3) is 0.526. The second-order valence-electron chi connectivity index (χ2n) is 6.22. The zero-order valence-electron chi connectivity index (χ0n) is 15.2. The number of hydrogen-bond acceptors (Lipinski definition) is 4. The number of benzene rings is 1. The Balaban J connectivity index is 1.95. The van der Waals surface area contributed by atoms with Crippen LogP contribution in [-0.4, -0.2) is 33.5 Å². The largest absolute Gasteiger partial charge is 0.340 e. The van der Waals surface area contributed by atoms with Crippen LogP contribution in [0, 0.1) is 5.82 Å². The van der Waals surface area contributed by atoms with Gasteiger partial charge < -0.3 is 9.42 Å². The van der Waals surface area contributed by atoms with E-state index in [4.69, 9.17) is 4.52 Å². The van der Waals surface area contributed by atoms with Crippen molar-refractivity contribution in [3.8, 4) is 11.4 Å².